The standard InChI is InChI=1S/C30H29N3O/c1-4-22(2)28-19-29-31-20-27(24-13-9-6-10-14-24)30(33(29)32(28)3)25-15-17-26(18-16-25)34-21-23-11-7-5-8-12-23/h5-20,28H,2,4,21H2,1,3H3. The van der Waals surface area contributed by atoms with Crippen LogP contribution in [0.15, 0.2) is 114 Å². The summed E-state index contributed by atoms with van der Waals surface area (Å²) in [5.74, 6) is 1.78. The number of fused-ring (bicyclic) bond motifs is 1. The number of hydrogen-bond acceptors (Lipinski definition) is 4. The van der Waals surface area contributed by atoms with Crippen LogP contribution in [0.3, 0.4) is 0 Å². The highest BCUT2D eigenvalue weighted by molar-refractivity contribution is 6.20. The summed E-state index contributed by atoms with van der Waals surface area (Å²) in [6, 6.07) is 29.1. The SMILES string of the molecule is C=C(CC)C1C=C2N=CC(c3ccccc3)=C(c3ccc(OCc4ccccc4)cc3)N2N1C. The number of aliphatic imine (C=N–C) groups is 1. The molecule has 0 bridgehead atoms. The normalized spacial score (nSPS) is 17.5. The first kappa shape index (κ1) is 21.9. The minimum atomic E-state index is 0.121. The number of hydrazine groups is 1. The predicted octanol–water partition coefficient (Wildman–Crippen LogP) is 6.56. The summed E-state index contributed by atoms with van der Waals surface area (Å²) < 4.78 is 6.03. The Kier molecular flexibility index (Phi) is 6.15. The van der Waals surface area contributed by atoms with Crippen molar-refractivity contribution in [1.82, 2.24) is 10.0 Å². The van der Waals surface area contributed by atoms with Gasteiger partial charge in [0.1, 0.15) is 18.2 Å². The number of likely N-dealkylation sites (N-methyl/N-ethyl adjacent to an activating group) is 1. The molecule has 170 valence electrons. The van der Waals surface area contributed by atoms with E-state index in [1.165, 1.54) is 5.57 Å². The summed E-state index contributed by atoms with van der Waals surface area (Å²) in [4.78, 5) is 4.82. The van der Waals surface area contributed by atoms with Crippen molar-refractivity contribution in [2.24, 2.45) is 4.99 Å². The highest BCUT2D eigenvalue weighted by atomic mass is 16.5. The fourth-order valence-corrected chi connectivity index (χ4v) is 4.43. The van der Waals surface area contributed by atoms with Gasteiger partial charge in [0.05, 0.1) is 11.7 Å². The average Bonchev–Trinajstić information content (AvgIpc) is 3.24. The van der Waals surface area contributed by atoms with E-state index in [-0.39, 0.29) is 6.04 Å². The Bertz CT molecular complexity index is 1260. The molecule has 0 N–H and O–H groups in total. The summed E-state index contributed by atoms with van der Waals surface area (Å²) in [5, 5.41) is 4.45. The summed E-state index contributed by atoms with van der Waals surface area (Å²) in [7, 11) is 2.11. The highest BCUT2D eigenvalue weighted by Gasteiger charge is 2.36. The Hall–Kier alpha value is -3.89. The van der Waals surface area contributed by atoms with Crippen LogP contribution < -0.4 is 4.74 Å². The Morgan fingerprint density at radius 1 is 0.912 bits per heavy atom. The molecule has 4 heteroatoms. The van der Waals surface area contributed by atoms with Crippen molar-refractivity contribution in [2.45, 2.75) is 26.0 Å². The van der Waals surface area contributed by atoms with Gasteiger partial charge in [0.25, 0.3) is 0 Å². The van der Waals surface area contributed by atoms with Crippen LogP contribution in [-0.4, -0.2) is 29.3 Å². The molecule has 0 aromatic heterocycles. The molecule has 0 fully saturated rings. The lowest BCUT2D eigenvalue weighted by atomic mass is 9.98. The molecule has 0 saturated carbocycles. The maximum atomic E-state index is 6.03. The molecule has 1 atom stereocenters. The first-order valence-electron chi connectivity index (χ1n) is 11.7. The zero-order valence-corrected chi connectivity index (χ0v) is 19.7. The third-order valence-electron chi connectivity index (χ3n) is 6.37. The second-order valence-corrected chi connectivity index (χ2v) is 8.55. The van der Waals surface area contributed by atoms with Gasteiger partial charge in [-0.15, -0.1) is 0 Å². The molecule has 2 aliphatic rings. The average molecular weight is 448 g/mol. The van der Waals surface area contributed by atoms with Crippen LogP contribution in [-0.2, 0) is 6.61 Å². The van der Waals surface area contributed by atoms with Gasteiger partial charge in [0.15, 0.2) is 0 Å². The number of allylic oxidation sites excluding steroid dienone is 1. The molecule has 2 aliphatic heterocycles. The van der Waals surface area contributed by atoms with Gasteiger partial charge in [-0.3, -0.25) is 5.01 Å². The maximum absolute atomic E-state index is 6.03. The lowest BCUT2D eigenvalue weighted by Crippen LogP contribution is -2.39. The molecule has 5 rings (SSSR count). The summed E-state index contributed by atoms with van der Waals surface area (Å²) in [6.07, 6.45) is 5.10. The van der Waals surface area contributed by atoms with Gasteiger partial charge in [-0.25, -0.2) is 10.0 Å². The zero-order chi connectivity index (χ0) is 23.5. The molecule has 0 saturated heterocycles. The number of benzene rings is 3. The molecular formula is C30H29N3O. The second-order valence-electron chi connectivity index (χ2n) is 8.55. The van der Waals surface area contributed by atoms with E-state index in [2.05, 4.69) is 85.2 Å². The van der Waals surface area contributed by atoms with Gasteiger partial charge < -0.3 is 4.74 Å². The summed E-state index contributed by atoms with van der Waals surface area (Å²) in [6.45, 7) is 7.00. The van der Waals surface area contributed by atoms with Gasteiger partial charge >= 0.3 is 0 Å². The maximum Gasteiger partial charge on any atom is 0.145 e. The van der Waals surface area contributed by atoms with Crippen LogP contribution in [0.2, 0.25) is 0 Å². The van der Waals surface area contributed by atoms with Gasteiger partial charge in [-0.2, -0.15) is 0 Å². The topological polar surface area (TPSA) is 28.1 Å². The van der Waals surface area contributed by atoms with Crippen LogP contribution >= 0.6 is 0 Å². The predicted molar refractivity (Wildman–Crippen MR) is 140 cm³/mol. The summed E-state index contributed by atoms with van der Waals surface area (Å²) in [5.41, 5.74) is 6.76. The van der Waals surface area contributed by atoms with Crippen LogP contribution in [0.4, 0.5) is 0 Å². The van der Waals surface area contributed by atoms with Crippen LogP contribution in [0.1, 0.15) is 30.0 Å². The van der Waals surface area contributed by atoms with E-state index in [0.29, 0.717) is 6.61 Å². The zero-order valence-electron chi connectivity index (χ0n) is 19.7. The van der Waals surface area contributed by atoms with Gasteiger partial charge in [0.2, 0.25) is 0 Å². The van der Waals surface area contributed by atoms with E-state index in [9.17, 15) is 0 Å². The Labute approximate surface area is 201 Å². The first-order valence-corrected chi connectivity index (χ1v) is 11.7. The fourth-order valence-electron chi connectivity index (χ4n) is 4.43. The van der Waals surface area contributed by atoms with Crippen molar-refractivity contribution in [3.8, 4) is 5.75 Å². The third kappa shape index (κ3) is 4.20. The molecule has 4 nitrogen and oxygen atoms in total. The molecule has 0 spiro atoms. The third-order valence-corrected chi connectivity index (χ3v) is 6.37. The number of rotatable bonds is 7. The van der Waals surface area contributed by atoms with Crippen molar-refractivity contribution in [3.05, 3.63) is 126 Å². The second kappa shape index (κ2) is 9.54. The number of hydrogen-bond donors (Lipinski definition) is 0. The first-order chi connectivity index (χ1) is 16.7. The quantitative estimate of drug-likeness (QED) is 0.384. The molecule has 34 heavy (non-hydrogen) atoms. The largest absolute Gasteiger partial charge is 0.489 e. The van der Waals surface area contributed by atoms with Crippen molar-refractivity contribution < 1.29 is 4.74 Å². The minimum Gasteiger partial charge on any atom is -0.489 e. The Balaban J connectivity index is 1.50. The lowest BCUT2D eigenvalue weighted by molar-refractivity contribution is 0.109. The minimum absolute atomic E-state index is 0.121. The van der Waals surface area contributed by atoms with Gasteiger partial charge in [-0.1, -0.05) is 79.7 Å². The van der Waals surface area contributed by atoms with Crippen molar-refractivity contribution >= 4 is 17.5 Å². The molecule has 3 aromatic rings. The molecular weight excluding hydrogens is 418 g/mol. The van der Waals surface area contributed by atoms with Crippen molar-refractivity contribution in [3.63, 3.8) is 0 Å². The van der Waals surface area contributed by atoms with E-state index in [1.807, 2.05) is 42.6 Å². The van der Waals surface area contributed by atoms with E-state index in [4.69, 9.17) is 9.73 Å². The van der Waals surface area contributed by atoms with Crippen molar-refractivity contribution in [1.29, 1.82) is 0 Å². The number of nitrogens with zero attached hydrogens (tertiary/aromatic N) is 3. The van der Waals surface area contributed by atoms with Gasteiger partial charge in [0, 0.05) is 24.4 Å². The van der Waals surface area contributed by atoms with Gasteiger partial charge in [-0.05, 0) is 47.9 Å². The Morgan fingerprint density at radius 3 is 2.26 bits per heavy atom. The van der Waals surface area contributed by atoms with E-state index < -0.39 is 0 Å². The smallest absolute Gasteiger partial charge is 0.145 e. The van der Waals surface area contributed by atoms with Crippen LogP contribution in [0.5, 0.6) is 5.75 Å². The molecule has 0 amide bonds. The number of ether oxygens (including phenoxy) is 1. The molecule has 3 aromatic carbocycles. The fraction of sp³-hybridized carbons (Fsp3) is 0.167. The molecule has 2 heterocycles. The van der Waals surface area contributed by atoms with E-state index in [0.717, 1.165) is 46.0 Å². The molecule has 1 unspecified atom stereocenters. The lowest BCUT2D eigenvalue weighted by Gasteiger charge is -2.36. The Morgan fingerprint density at radius 2 is 1.59 bits per heavy atom. The highest BCUT2D eigenvalue weighted by Crippen LogP contribution is 2.41. The van der Waals surface area contributed by atoms with E-state index in [1.54, 1.807) is 0 Å². The van der Waals surface area contributed by atoms with Crippen molar-refractivity contribution in [2.75, 3.05) is 7.05 Å². The summed E-state index contributed by atoms with van der Waals surface area (Å²) >= 11 is 0. The van der Waals surface area contributed by atoms with E-state index >= 15 is 0 Å². The molecule has 0 radical (unpaired) electrons. The van der Waals surface area contributed by atoms with Crippen LogP contribution in [0.25, 0.3) is 11.3 Å². The monoisotopic (exact) mass is 447 g/mol. The van der Waals surface area contributed by atoms with Crippen LogP contribution in [0, 0.1) is 0 Å². The molecule has 0 aliphatic carbocycles.